The standard InChI is InChI=1S/C7H5N3O2/c1-5-2-3-6(4-8)7(9-5)10(11)12/h2-3H,1H3. The van der Waals surface area contributed by atoms with Crippen molar-refractivity contribution >= 4 is 5.82 Å². The molecule has 1 rings (SSSR count). The van der Waals surface area contributed by atoms with Gasteiger partial charge >= 0.3 is 5.82 Å². The van der Waals surface area contributed by atoms with Crippen LogP contribution >= 0.6 is 0 Å². The summed E-state index contributed by atoms with van der Waals surface area (Å²) in [6, 6.07) is 4.65. The molecule has 0 aliphatic rings. The van der Waals surface area contributed by atoms with E-state index in [0.717, 1.165) is 0 Å². The van der Waals surface area contributed by atoms with Crippen LogP contribution in [0.2, 0.25) is 0 Å². The Morgan fingerprint density at radius 3 is 2.83 bits per heavy atom. The van der Waals surface area contributed by atoms with E-state index in [1.165, 1.54) is 6.07 Å². The number of hydrogen-bond acceptors (Lipinski definition) is 4. The zero-order valence-electron chi connectivity index (χ0n) is 6.31. The first-order chi connectivity index (χ1) is 5.65. The first-order valence-corrected chi connectivity index (χ1v) is 3.17. The van der Waals surface area contributed by atoms with Gasteiger partial charge in [-0.3, -0.25) is 0 Å². The maximum atomic E-state index is 10.3. The largest absolute Gasteiger partial charge is 0.381 e. The molecule has 0 radical (unpaired) electrons. The van der Waals surface area contributed by atoms with Crippen LogP contribution in [0.3, 0.4) is 0 Å². The molecule has 0 aromatic carbocycles. The van der Waals surface area contributed by atoms with Crippen molar-refractivity contribution in [3.8, 4) is 6.07 Å². The fourth-order valence-corrected chi connectivity index (χ4v) is 0.769. The molecule has 0 aliphatic heterocycles. The first-order valence-electron chi connectivity index (χ1n) is 3.17. The third kappa shape index (κ3) is 1.37. The van der Waals surface area contributed by atoms with E-state index in [0.29, 0.717) is 5.69 Å². The van der Waals surface area contributed by atoms with Crippen LogP contribution in [-0.2, 0) is 0 Å². The van der Waals surface area contributed by atoms with Gasteiger partial charge in [0.1, 0.15) is 17.3 Å². The van der Waals surface area contributed by atoms with E-state index in [-0.39, 0.29) is 11.4 Å². The summed E-state index contributed by atoms with van der Waals surface area (Å²) in [6.45, 7) is 1.63. The minimum absolute atomic E-state index is 0.00870. The summed E-state index contributed by atoms with van der Waals surface area (Å²) in [5, 5.41) is 18.8. The number of nitriles is 1. The molecule has 0 atom stereocenters. The summed E-state index contributed by atoms with van der Waals surface area (Å²) in [4.78, 5) is 13.3. The lowest BCUT2D eigenvalue weighted by molar-refractivity contribution is -0.389. The molecule has 0 unspecified atom stereocenters. The number of nitro groups is 1. The average molecular weight is 163 g/mol. The molecule has 0 bridgehead atoms. The van der Waals surface area contributed by atoms with Gasteiger partial charge in [0.2, 0.25) is 0 Å². The molecule has 60 valence electrons. The van der Waals surface area contributed by atoms with Crippen LogP contribution in [0.1, 0.15) is 11.3 Å². The van der Waals surface area contributed by atoms with Crippen molar-refractivity contribution in [2.24, 2.45) is 0 Å². The molecule has 5 nitrogen and oxygen atoms in total. The molecular formula is C7H5N3O2. The van der Waals surface area contributed by atoms with E-state index < -0.39 is 4.92 Å². The molecule has 0 fully saturated rings. The fraction of sp³-hybridized carbons (Fsp3) is 0.143. The van der Waals surface area contributed by atoms with E-state index in [1.54, 1.807) is 19.1 Å². The molecule has 1 aromatic heterocycles. The highest BCUT2D eigenvalue weighted by Gasteiger charge is 2.14. The quantitative estimate of drug-likeness (QED) is 0.459. The van der Waals surface area contributed by atoms with Crippen molar-refractivity contribution in [1.82, 2.24) is 4.98 Å². The number of aromatic nitrogens is 1. The van der Waals surface area contributed by atoms with Gasteiger partial charge in [-0.05, 0) is 22.0 Å². The Balaban J connectivity index is 3.34. The molecule has 5 heteroatoms. The second kappa shape index (κ2) is 2.96. The van der Waals surface area contributed by atoms with Gasteiger partial charge in [0, 0.05) is 6.92 Å². The molecule has 12 heavy (non-hydrogen) atoms. The molecule has 0 amide bonds. The lowest BCUT2D eigenvalue weighted by Crippen LogP contribution is -1.96. The van der Waals surface area contributed by atoms with E-state index in [2.05, 4.69) is 4.98 Å². The van der Waals surface area contributed by atoms with Gasteiger partial charge < -0.3 is 10.1 Å². The molecule has 0 saturated heterocycles. The van der Waals surface area contributed by atoms with Crippen LogP contribution in [0, 0.1) is 28.4 Å². The van der Waals surface area contributed by atoms with Crippen LogP contribution in [0.4, 0.5) is 5.82 Å². The molecule has 0 spiro atoms. The van der Waals surface area contributed by atoms with Crippen molar-refractivity contribution in [2.75, 3.05) is 0 Å². The highest BCUT2D eigenvalue weighted by atomic mass is 16.6. The predicted octanol–water partition coefficient (Wildman–Crippen LogP) is 1.17. The fourth-order valence-electron chi connectivity index (χ4n) is 0.769. The summed E-state index contributed by atoms with van der Waals surface area (Å²) in [6.07, 6.45) is 0. The van der Waals surface area contributed by atoms with Gasteiger partial charge in [0.15, 0.2) is 0 Å². The minimum atomic E-state index is -0.661. The number of pyridine rings is 1. The van der Waals surface area contributed by atoms with Crippen molar-refractivity contribution in [2.45, 2.75) is 6.92 Å². The van der Waals surface area contributed by atoms with Crippen LogP contribution in [0.25, 0.3) is 0 Å². The SMILES string of the molecule is Cc1ccc(C#N)c([N+](=O)[O-])n1. The minimum Gasteiger partial charge on any atom is -0.358 e. The van der Waals surface area contributed by atoms with Gasteiger partial charge in [-0.1, -0.05) is 0 Å². The molecule has 1 heterocycles. The number of nitrogens with zero attached hydrogens (tertiary/aromatic N) is 3. The van der Waals surface area contributed by atoms with Crippen molar-refractivity contribution in [3.05, 3.63) is 33.5 Å². The van der Waals surface area contributed by atoms with Gasteiger partial charge in [-0.15, -0.1) is 0 Å². The van der Waals surface area contributed by atoms with Crippen molar-refractivity contribution < 1.29 is 4.92 Å². The molecular weight excluding hydrogens is 158 g/mol. The van der Waals surface area contributed by atoms with E-state index in [9.17, 15) is 10.1 Å². The van der Waals surface area contributed by atoms with Crippen molar-refractivity contribution in [3.63, 3.8) is 0 Å². The first kappa shape index (κ1) is 8.14. The lowest BCUT2D eigenvalue weighted by atomic mass is 10.2. The Morgan fingerprint density at radius 2 is 2.33 bits per heavy atom. The second-order valence-electron chi connectivity index (χ2n) is 2.19. The van der Waals surface area contributed by atoms with Gasteiger partial charge in [-0.2, -0.15) is 5.26 Å². The van der Waals surface area contributed by atoms with Crippen LogP contribution in [0.15, 0.2) is 12.1 Å². The Hall–Kier alpha value is -1.96. The topological polar surface area (TPSA) is 79.8 Å². The molecule has 0 aliphatic carbocycles. The van der Waals surface area contributed by atoms with Crippen LogP contribution in [0.5, 0.6) is 0 Å². The summed E-state index contributed by atoms with van der Waals surface area (Å²) in [5.74, 6) is -0.377. The number of hydrogen-bond donors (Lipinski definition) is 0. The Morgan fingerprint density at radius 1 is 1.67 bits per heavy atom. The van der Waals surface area contributed by atoms with E-state index >= 15 is 0 Å². The van der Waals surface area contributed by atoms with Gasteiger partial charge in [-0.25, -0.2) is 0 Å². The van der Waals surface area contributed by atoms with Crippen LogP contribution < -0.4 is 0 Å². The summed E-state index contributed by atoms with van der Waals surface area (Å²) in [5.41, 5.74) is 0.520. The third-order valence-electron chi connectivity index (χ3n) is 1.31. The van der Waals surface area contributed by atoms with Crippen LogP contribution in [-0.4, -0.2) is 9.91 Å². The van der Waals surface area contributed by atoms with E-state index in [1.807, 2.05) is 0 Å². The Kier molecular flexibility index (Phi) is 2.01. The highest BCUT2D eigenvalue weighted by Crippen LogP contribution is 2.13. The van der Waals surface area contributed by atoms with Gasteiger partial charge in [0.05, 0.1) is 0 Å². The monoisotopic (exact) mass is 163 g/mol. The Labute approximate surface area is 68.4 Å². The average Bonchev–Trinajstić information content (AvgIpc) is 2.04. The smallest absolute Gasteiger partial charge is 0.358 e. The normalized spacial score (nSPS) is 9.00. The summed E-state index contributed by atoms with van der Waals surface area (Å²) >= 11 is 0. The predicted molar refractivity (Wildman–Crippen MR) is 40.3 cm³/mol. The molecule has 0 N–H and O–H groups in total. The van der Waals surface area contributed by atoms with Crippen molar-refractivity contribution in [1.29, 1.82) is 5.26 Å². The molecule has 0 saturated carbocycles. The summed E-state index contributed by atoms with van der Waals surface area (Å²) < 4.78 is 0. The highest BCUT2D eigenvalue weighted by molar-refractivity contribution is 5.43. The number of rotatable bonds is 1. The molecule has 1 aromatic rings. The van der Waals surface area contributed by atoms with Gasteiger partial charge in [0.25, 0.3) is 0 Å². The lowest BCUT2D eigenvalue weighted by Gasteiger charge is -1.93. The maximum Gasteiger partial charge on any atom is 0.381 e. The summed E-state index contributed by atoms with van der Waals surface area (Å²) in [7, 11) is 0. The third-order valence-corrected chi connectivity index (χ3v) is 1.31. The maximum absolute atomic E-state index is 10.3. The Bertz CT molecular complexity index is 367. The number of aryl methyl sites for hydroxylation is 1. The van der Waals surface area contributed by atoms with E-state index in [4.69, 9.17) is 5.26 Å². The second-order valence-corrected chi connectivity index (χ2v) is 2.19. The zero-order valence-corrected chi connectivity index (χ0v) is 6.31. The zero-order chi connectivity index (χ0) is 9.14.